The van der Waals surface area contributed by atoms with E-state index in [9.17, 15) is 0 Å². The molecule has 0 bridgehead atoms. The summed E-state index contributed by atoms with van der Waals surface area (Å²) in [6.07, 6.45) is 1.81. The molecule has 3 N–H and O–H groups in total. The molecule has 2 heterocycles. The first-order valence-electron chi connectivity index (χ1n) is 5.47. The zero-order chi connectivity index (χ0) is 13.3. The number of hydrazine groups is 1. The summed E-state index contributed by atoms with van der Waals surface area (Å²) in [7, 11) is 0. The fraction of sp³-hybridized carbons (Fsp3) is 0.364. The molecule has 1 atom stereocenters. The molecule has 0 saturated heterocycles. The fourth-order valence-electron chi connectivity index (χ4n) is 1.81. The van der Waals surface area contributed by atoms with Crippen LogP contribution in [-0.4, -0.2) is 9.78 Å². The molecule has 4 nitrogen and oxygen atoms in total. The van der Waals surface area contributed by atoms with Crippen molar-refractivity contribution in [3.8, 4) is 0 Å². The minimum absolute atomic E-state index is 0.0689. The summed E-state index contributed by atoms with van der Waals surface area (Å²) in [5.41, 5.74) is 3.91. The van der Waals surface area contributed by atoms with Crippen molar-refractivity contribution in [1.82, 2.24) is 15.2 Å². The van der Waals surface area contributed by atoms with E-state index in [1.165, 1.54) is 0 Å². The SMILES string of the molecule is CC(C)n1ncc(Br)c1C(NN)c1cc(Br)cs1. The Kier molecular flexibility index (Phi) is 4.60. The van der Waals surface area contributed by atoms with Crippen LogP contribution in [0.3, 0.4) is 0 Å². The number of thiophene rings is 1. The monoisotopic (exact) mass is 392 g/mol. The van der Waals surface area contributed by atoms with Crippen LogP contribution >= 0.6 is 43.2 Å². The molecule has 18 heavy (non-hydrogen) atoms. The van der Waals surface area contributed by atoms with Gasteiger partial charge in [0.2, 0.25) is 0 Å². The summed E-state index contributed by atoms with van der Waals surface area (Å²) in [5.74, 6) is 5.72. The minimum atomic E-state index is -0.0689. The van der Waals surface area contributed by atoms with E-state index < -0.39 is 0 Å². The van der Waals surface area contributed by atoms with Crippen molar-refractivity contribution in [3.63, 3.8) is 0 Å². The van der Waals surface area contributed by atoms with E-state index in [0.29, 0.717) is 0 Å². The molecular weight excluding hydrogens is 380 g/mol. The Morgan fingerprint density at radius 3 is 2.67 bits per heavy atom. The Morgan fingerprint density at radius 1 is 1.44 bits per heavy atom. The molecule has 0 spiro atoms. The lowest BCUT2D eigenvalue weighted by atomic mass is 10.1. The van der Waals surface area contributed by atoms with Gasteiger partial charge in [-0.25, -0.2) is 5.43 Å². The number of aromatic nitrogens is 2. The first kappa shape index (κ1) is 14.2. The van der Waals surface area contributed by atoms with Gasteiger partial charge in [-0.15, -0.1) is 11.3 Å². The number of rotatable bonds is 4. The maximum Gasteiger partial charge on any atom is 0.0982 e. The van der Waals surface area contributed by atoms with Crippen LogP contribution in [0.5, 0.6) is 0 Å². The van der Waals surface area contributed by atoms with Gasteiger partial charge in [0.1, 0.15) is 0 Å². The number of halogens is 2. The zero-order valence-corrected chi connectivity index (χ0v) is 14.0. The van der Waals surface area contributed by atoms with Crippen LogP contribution in [0.1, 0.15) is 36.5 Å². The van der Waals surface area contributed by atoms with Gasteiger partial charge >= 0.3 is 0 Å². The molecule has 0 aliphatic rings. The Balaban J connectivity index is 2.47. The number of nitrogens with two attached hydrogens (primary N) is 1. The largest absolute Gasteiger partial charge is 0.270 e. The first-order valence-corrected chi connectivity index (χ1v) is 7.94. The highest BCUT2D eigenvalue weighted by Gasteiger charge is 2.23. The van der Waals surface area contributed by atoms with Gasteiger partial charge in [-0.1, -0.05) is 0 Å². The van der Waals surface area contributed by atoms with E-state index in [-0.39, 0.29) is 12.1 Å². The topological polar surface area (TPSA) is 55.9 Å². The quantitative estimate of drug-likeness (QED) is 0.616. The number of nitrogens with zero attached hydrogens (tertiary/aromatic N) is 2. The highest BCUT2D eigenvalue weighted by Crippen LogP contribution is 2.34. The Hall–Kier alpha value is -0.210. The predicted molar refractivity (Wildman–Crippen MR) is 81.5 cm³/mol. The minimum Gasteiger partial charge on any atom is -0.270 e. The molecule has 0 radical (unpaired) electrons. The third kappa shape index (κ3) is 2.70. The average Bonchev–Trinajstić information content (AvgIpc) is 2.88. The van der Waals surface area contributed by atoms with E-state index in [2.05, 4.69) is 62.3 Å². The number of hydrogen-bond acceptors (Lipinski definition) is 4. The highest BCUT2D eigenvalue weighted by atomic mass is 79.9. The molecule has 0 amide bonds. The summed E-state index contributed by atoms with van der Waals surface area (Å²) in [6.45, 7) is 4.20. The molecule has 98 valence electrons. The average molecular weight is 394 g/mol. The number of hydrogen-bond donors (Lipinski definition) is 2. The Bertz CT molecular complexity index is 535. The lowest BCUT2D eigenvalue weighted by Gasteiger charge is -2.19. The molecule has 0 fully saturated rings. The van der Waals surface area contributed by atoms with Gasteiger partial charge in [-0.3, -0.25) is 10.5 Å². The zero-order valence-electron chi connectivity index (χ0n) is 10.0. The van der Waals surface area contributed by atoms with Crippen LogP contribution in [0.4, 0.5) is 0 Å². The maximum atomic E-state index is 5.72. The van der Waals surface area contributed by atoms with Crippen LogP contribution in [0, 0.1) is 0 Å². The Labute approximate surface area is 127 Å². The van der Waals surface area contributed by atoms with Crippen molar-refractivity contribution in [2.75, 3.05) is 0 Å². The van der Waals surface area contributed by atoms with Crippen molar-refractivity contribution in [1.29, 1.82) is 0 Å². The van der Waals surface area contributed by atoms with Gasteiger partial charge in [0.15, 0.2) is 0 Å². The molecular formula is C11H14Br2N4S. The lowest BCUT2D eigenvalue weighted by molar-refractivity contribution is 0.477. The van der Waals surface area contributed by atoms with Crippen molar-refractivity contribution in [2.45, 2.75) is 25.9 Å². The molecule has 2 aromatic rings. The standard InChI is InChI=1S/C11H14Br2N4S/c1-6(2)17-11(8(13)4-15-17)10(16-14)9-3-7(12)5-18-9/h3-6,10,16H,14H2,1-2H3. The van der Waals surface area contributed by atoms with Gasteiger partial charge in [0, 0.05) is 20.8 Å². The first-order chi connectivity index (χ1) is 8.54. The third-order valence-electron chi connectivity index (χ3n) is 2.59. The van der Waals surface area contributed by atoms with Gasteiger partial charge in [0.25, 0.3) is 0 Å². The van der Waals surface area contributed by atoms with Crippen LogP contribution in [0.25, 0.3) is 0 Å². The molecule has 7 heteroatoms. The van der Waals surface area contributed by atoms with E-state index in [1.54, 1.807) is 11.3 Å². The van der Waals surface area contributed by atoms with Crippen LogP contribution in [0.15, 0.2) is 26.6 Å². The van der Waals surface area contributed by atoms with Gasteiger partial charge < -0.3 is 0 Å². The molecule has 1 unspecified atom stereocenters. The van der Waals surface area contributed by atoms with Crippen molar-refractivity contribution in [3.05, 3.63) is 37.2 Å². The van der Waals surface area contributed by atoms with Gasteiger partial charge in [-0.2, -0.15) is 5.10 Å². The van der Waals surface area contributed by atoms with Gasteiger partial charge in [-0.05, 0) is 51.8 Å². The van der Waals surface area contributed by atoms with E-state index >= 15 is 0 Å². The van der Waals surface area contributed by atoms with Crippen molar-refractivity contribution >= 4 is 43.2 Å². The summed E-state index contributed by atoms with van der Waals surface area (Å²) < 4.78 is 4.00. The summed E-state index contributed by atoms with van der Waals surface area (Å²) in [4.78, 5) is 1.15. The lowest BCUT2D eigenvalue weighted by Crippen LogP contribution is -2.30. The Morgan fingerprint density at radius 2 is 2.17 bits per heavy atom. The second-order valence-electron chi connectivity index (χ2n) is 4.18. The van der Waals surface area contributed by atoms with E-state index in [0.717, 1.165) is 19.5 Å². The predicted octanol–water partition coefficient (Wildman–Crippen LogP) is 3.60. The van der Waals surface area contributed by atoms with Crippen molar-refractivity contribution in [2.24, 2.45) is 5.84 Å². The van der Waals surface area contributed by atoms with Crippen LogP contribution in [-0.2, 0) is 0 Å². The normalized spacial score (nSPS) is 13.2. The van der Waals surface area contributed by atoms with E-state index in [4.69, 9.17) is 5.84 Å². The van der Waals surface area contributed by atoms with Crippen LogP contribution in [0.2, 0.25) is 0 Å². The summed E-state index contributed by atoms with van der Waals surface area (Å²) in [6, 6.07) is 2.28. The number of nitrogens with one attached hydrogen (secondary N) is 1. The van der Waals surface area contributed by atoms with Gasteiger partial charge in [0.05, 0.1) is 22.4 Å². The highest BCUT2D eigenvalue weighted by molar-refractivity contribution is 9.10. The van der Waals surface area contributed by atoms with Crippen LogP contribution < -0.4 is 11.3 Å². The second kappa shape index (κ2) is 5.83. The molecule has 0 aromatic carbocycles. The molecule has 0 aliphatic carbocycles. The summed E-state index contributed by atoms with van der Waals surface area (Å²) in [5, 5.41) is 6.43. The van der Waals surface area contributed by atoms with Crippen molar-refractivity contribution < 1.29 is 0 Å². The second-order valence-corrected chi connectivity index (χ2v) is 6.90. The molecule has 0 saturated carbocycles. The third-order valence-corrected chi connectivity index (χ3v) is 4.96. The summed E-state index contributed by atoms with van der Waals surface area (Å²) >= 11 is 8.67. The molecule has 2 rings (SSSR count). The molecule has 2 aromatic heterocycles. The smallest absolute Gasteiger partial charge is 0.0982 e. The van der Waals surface area contributed by atoms with E-state index in [1.807, 2.05) is 16.3 Å². The fourth-order valence-corrected chi connectivity index (χ4v) is 3.82. The maximum absolute atomic E-state index is 5.72. The molecule has 0 aliphatic heterocycles.